The van der Waals surface area contributed by atoms with Crippen molar-refractivity contribution in [2.24, 2.45) is 0 Å². The molecule has 2 aromatic heterocycles. The Hall–Kier alpha value is -4.18. The van der Waals surface area contributed by atoms with Crippen molar-refractivity contribution < 1.29 is 14.6 Å². The highest BCUT2D eigenvalue weighted by Crippen LogP contribution is 2.29. The van der Waals surface area contributed by atoms with Gasteiger partial charge in [0.15, 0.2) is 0 Å². The van der Waals surface area contributed by atoms with Crippen LogP contribution in [0.25, 0.3) is 22.2 Å². The topological polar surface area (TPSA) is 90.1 Å². The molecule has 0 saturated heterocycles. The summed E-state index contributed by atoms with van der Waals surface area (Å²) in [6.07, 6.45) is 3.33. The first kappa shape index (κ1) is 20.1. The van der Waals surface area contributed by atoms with Crippen molar-refractivity contribution in [1.82, 2.24) is 19.7 Å². The summed E-state index contributed by atoms with van der Waals surface area (Å²) in [4.78, 5) is 20.2. The number of benzene rings is 2. The van der Waals surface area contributed by atoms with Gasteiger partial charge in [-0.1, -0.05) is 30.2 Å². The Morgan fingerprint density at radius 2 is 1.94 bits per heavy atom. The van der Waals surface area contributed by atoms with Gasteiger partial charge in [0.05, 0.1) is 36.1 Å². The molecule has 31 heavy (non-hydrogen) atoms. The fourth-order valence-corrected chi connectivity index (χ4v) is 3.55. The zero-order chi connectivity index (χ0) is 22.0. The number of hydrogen-bond donors (Lipinski definition) is 1. The standard InChI is InChI=1S/C24H20N4O3/c1-4-5-17-10-11-19(23(29)30)22-20(17)14-26-28(22)15(2)16-6-8-18(9-7-16)21-12-13-25-24(27-21)31-3/h6-15H,1-3H3,(H,29,30)/t15-/m1/s1. The lowest BCUT2D eigenvalue weighted by Crippen LogP contribution is -2.11. The van der Waals surface area contributed by atoms with E-state index in [1.807, 2.05) is 37.3 Å². The molecule has 0 fully saturated rings. The second-order valence-corrected chi connectivity index (χ2v) is 6.92. The van der Waals surface area contributed by atoms with Crippen molar-refractivity contribution in [3.8, 4) is 29.1 Å². The maximum absolute atomic E-state index is 11.8. The van der Waals surface area contributed by atoms with E-state index >= 15 is 0 Å². The summed E-state index contributed by atoms with van der Waals surface area (Å²) < 4.78 is 6.83. The van der Waals surface area contributed by atoms with Gasteiger partial charge in [-0.05, 0) is 37.6 Å². The van der Waals surface area contributed by atoms with Crippen LogP contribution >= 0.6 is 0 Å². The van der Waals surface area contributed by atoms with Gasteiger partial charge < -0.3 is 9.84 Å². The fraction of sp³-hybridized carbons (Fsp3) is 0.167. The average molecular weight is 412 g/mol. The summed E-state index contributed by atoms with van der Waals surface area (Å²) in [6, 6.07) is 13.1. The van der Waals surface area contributed by atoms with Crippen LogP contribution in [0.5, 0.6) is 6.01 Å². The molecule has 0 saturated carbocycles. The number of hydrogen-bond acceptors (Lipinski definition) is 5. The number of nitrogens with zero attached hydrogens (tertiary/aromatic N) is 4. The number of carboxylic acid groups (broad SMARTS) is 1. The van der Waals surface area contributed by atoms with E-state index in [2.05, 4.69) is 26.9 Å². The van der Waals surface area contributed by atoms with Crippen LogP contribution in [-0.4, -0.2) is 37.9 Å². The highest BCUT2D eigenvalue weighted by atomic mass is 16.5. The number of methoxy groups -OCH3 is 1. The van der Waals surface area contributed by atoms with Crippen molar-refractivity contribution in [2.45, 2.75) is 19.9 Å². The van der Waals surface area contributed by atoms with Crippen LogP contribution in [0.1, 0.15) is 41.4 Å². The monoisotopic (exact) mass is 412 g/mol. The van der Waals surface area contributed by atoms with Crippen LogP contribution < -0.4 is 4.74 Å². The SMILES string of the molecule is CC#Cc1ccc(C(=O)O)c2c1cnn2[C@H](C)c1ccc(-c2ccnc(OC)n2)cc1. The van der Waals surface area contributed by atoms with Crippen LogP contribution in [0, 0.1) is 11.8 Å². The molecule has 0 amide bonds. The van der Waals surface area contributed by atoms with Gasteiger partial charge in [0.1, 0.15) is 0 Å². The number of ether oxygens (including phenoxy) is 1. The molecule has 1 N–H and O–H groups in total. The Morgan fingerprint density at radius 1 is 1.16 bits per heavy atom. The zero-order valence-corrected chi connectivity index (χ0v) is 17.3. The third-order valence-electron chi connectivity index (χ3n) is 5.12. The van der Waals surface area contributed by atoms with E-state index in [-0.39, 0.29) is 11.6 Å². The molecule has 0 aliphatic carbocycles. The molecule has 0 aliphatic heterocycles. The quantitative estimate of drug-likeness (QED) is 0.495. The summed E-state index contributed by atoms with van der Waals surface area (Å²) in [5.74, 6) is 4.90. The van der Waals surface area contributed by atoms with Gasteiger partial charge >= 0.3 is 12.0 Å². The predicted molar refractivity (Wildman–Crippen MR) is 117 cm³/mol. The highest BCUT2D eigenvalue weighted by Gasteiger charge is 2.20. The number of carbonyl (C=O) groups is 1. The molecule has 7 nitrogen and oxygen atoms in total. The number of aromatic nitrogens is 4. The molecule has 4 aromatic rings. The van der Waals surface area contributed by atoms with E-state index in [1.165, 1.54) is 7.11 Å². The lowest BCUT2D eigenvalue weighted by molar-refractivity contribution is 0.0698. The average Bonchev–Trinajstić information content (AvgIpc) is 3.24. The third-order valence-corrected chi connectivity index (χ3v) is 5.12. The summed E-state index contributed by atoms with van der Waals surface area (Å²) in [5, 5.41) is 14.9. The van der Waals surface area contributed by atoms with Crippen LogP contribution in [-0.2, 0) is 0 Å². The fourth-order valence-electron chi connectivity index (χ4n) is 3.55. The molecule has 154 valence electrons. The zero-order valence-electron chi connectivity index (χ0n) is 17.3. The Kier molecular flexibility index (Phi) is 5.37. The van der Waals surface area contributed by atoms with Crippen LogP contribution in [0.4, 0.5) is 0 Å². The Balaban J connectivity index is 1.75. The second-order valence-electron chi connectivity index (χ2n) is 6.92. The van der Waals surface area contributed by atoms with Crippen molar-refractivity contribution in [3.63, 3.8) is 0 Å². The molecule has 0 spiro atoms. The molecule has 1 atom stereocenters. The molecule has 0 aliphatic rings. The predicted octanol–water partition coefficient (Wildman–Crippen LogP) is 4.18. The minimum Gasteiger partial charge on any atom is -0.478 e. The van der Waals surface area contributed by atoms with Gasteiger partial charge in [-0.2, -0.15) is 10.1 Å². The van der Waals surface area contributed by atoms with Gasteiger partial charge in [0.25, 0.3) is 0 Å². The molecule has 2 aromatic carbocycles. The maximum atomic E-state index is 11.8. The van der Waals surface area contributed by atoms with Gasteiger partial charge in [-0.15, -0.1) is 5.92 Å². The largest absolute Gasteiger partial charge is 0.478 e. The summed E-state index contributed by atoms with van der Waals surface area (Å²) in [6.45, 7) is 3.73. The minimum absolute atomic E-state index is 0.186. The maximum Gasteiger partial charge on any atom is 0.337 e. The van der Waals surface area contributed by atoms with Crippen molar-refractivity contribution in [3.05, 3.63) is 71.5 Å². The first-order chi connectivity index (χ1) is 15.0. The van der Waals surface area contributed by atoms with E-state index in [0.29, 0.717) is 11.5 Å². The normalized spacial score (nSPS) is 11.6. The van der Waals surface area contributed by atoms with E-state index in [4.69, 9.17) is 4.74 Å². The van der Waals surface area contributed by atoms with Crippen LogP contribution in [0.2, 0.25) is 0 Å². The van der Waals surface area contributed by atoms with Crippen molar-refractivity contribution >= 4 is 16.9 Å². The molecular formula is C24H20N4O3. The van der Waals surface area contributed by atoms with Gasteiger partial charge in [-0.25, -0.2) is 9.78 Å². The molecule has 0 radical (unpaired) electrons. The molecule has 2 heterocycles. The first-order valence-corrected chi connectivity index (χ1v) is 9.67. The number of carboxylic acids is 1. The number of rotatable bonds is 5. The molecule has 7 heteroatoms. The lowest BCUT2D eigenvalue weighted by Gasteiger charge is -2.16. The smallest absolute Gasteiger partial charge is 0.337 e. The second kappa shape index (κ2) is 8.28. The third kappa shape index (κ3) is 3.71. The lowest BCUT2D eigenvalue weighted by atomic mass is 10.0. The van der Waals surface area contributed by atoms with Crippen molar-refractivity contribution in [1.29, 1.82) is 0 Å². The molecular weight excluding hydrogens is 392 g/mol. The molecule has 0 bridgehead atoms. The summed E-state index contributed by atoms with van der Waals surface area (Å²) in [5.41, 5.74) is 4.18. The summed E-state index contributed by atoms with van der Waals surface area (Å²) >= 11 is 0. The van der Waals surface area contributed by atoms with Crippen LogP contribution in [0.3, 0.4) is 0 Å². The van der Waals surface area contributed by atoms with Crippen molar-refractivity contribution in [2.75, 3.05) is 7.11 Å². The van der Waals surface area contributed by atoms with E-state index < -0.39 is 5.97 Å². The number of fused-ring (bicyclic) bond motifs is 1. The minimum atomic E-state index is -0.997. The Bertz CT molecular complexity index is 1330. The van der Waals surface area contributed by atoms with E-state index in [0.717, 1.165) is 27.8 Å². The van der Waals surface area contributed by atoms with Crippen LogP contribution in [0.15, 0.2) is 54.9 Å². The van der Waals surface area contributed by atoms with E-state index in [9.17, 15) is 9.90 Å². The first-order valence-electron chi connectivity index (χ1n) is 9.67. The van der Waals surface area contributed by atoms with Gasteiger partial charge in [0.2, 0.25) is 0 Å². The number of aromatic carboxylic acids is 1. The van der Waals surface area contributed by atoms with Gasteiger partial charge in [0, 0.05) is 22.7 Å². The van der Waals surface area contributed by atoms with E-state index in [1.54, 1.807) is 36.1 Å². The highest BCUT2D eigenvalue weighted by molar-refractivity contribution is 6.03. The Morgan fingerprint density at radius 3 is 2.61 bits per heavy atom. The molecule has 0 unspecified atom stereocenters. The van der Waals surface area contributed by atoms with Gasteiger partial charge in [-0.3, -0.25) is 4.68 Å². The molecule has 4 rings (SSSR count). The Labute approximate surface area is 179 Å². The summed E-state index contributed by atoms with van der Waals surface area (Å²) in [7, 11) is 1.53.